The van der Waals surface area contributed by atoms with Gasteiger partial charge in [0.2, 0.25) is 0 Å². The van der Waals surface area contributed by atoms with Crippen LogP contribution < -0.4 is 0 Å². The molecule has 0 heterocycles. The summed E-state index contributed by atoms with van der Waals surface area (Å²) in [6.07, 6.45) is 0.393. The van der Waals surface area contributed by atoms with Crippen LogP contribution in [-0.2, 0) is 11.8 Å². The Bertz CT molecular complexity index is 408. The van der Waals surface area contributed by atoms with Crippen LogP contribution in [0.1, 0.15) is 37.5 Å². The zero-order valence-electron chi connectivity index (χ0n) is 9.76. The second-order valence-electron chi connectivity index (χ2n) is 4.89. The fourth-order valence-corrected chi connectivity index (χ4v) is 1.62. The predicted octanol–water partition coefficient (Wildman–Crippen LogP) is 3.06. The number of aryl methyl sites for hydroxylation is 1. The van der Waals surface area contributed by atoms with Crippen LogP contribution in [0.3, 0.4) is 0 Å². The molecule has 0 bridgehead atoms. The number of aromatic hydroxyl groups is 1. The average Bonchev–Trinajstić information content (AvgIpc) is 2.09. The minimum Gasteiger partial charge on any atom is -0.507 e. The molecule has 0 aliphatic heterocycles. The quantitative estimate of drug-likeness (QED) is 0.762. The lowest BCUT2D eigenvalue weighted by molar-refractivity contribution is 0.442. The minimum absolute atomic E-state index is 0.0969. The van der Waals surface area contributed by atoms with Crippen LogP contribution in [-0.4, -0.2) is 5.11 Å². The molecule has 1 N–H and O–H groups in total. The van der Waals surface area contributed by atoms with E-state index in [9.17, 15) is 5.11 Å². The van der Waals surface area contributed by atoms with Gasteiger partial charge in [0.05, 0.1) is 12.5 Å². The number of nitrogens with zero attached hydrogens (tertiary/aromatic N) is 1. The Kier molecular flexibility index (Phi) is 3.04. The van der Waals surface area contributed by atoms with Crippen LogP contribution in [0.25, 0.3) is 0 Å². The normalized spacial score (nSPS) is 11.1. The van der Waals surface area contributed by atoms with Crippen molar-refractivity contribution in [2.24, 2.45) is 0 Å². The number of phenols is 1. The van der Waals surface area contributed by atoms with Gasteiger partial charge in [-0.1, -0.05) is 32.9 Å². The van der Waals surface area contributed by atoms with Crippen LogP contribution in [0.15, 0.2) is 12.1 Å². The van der Waals surface area contributed by atoms with Gasteiger partial charge in [-0.05, 0) is 29.0 Å². The Morgan fingerprint density at radius 2 is 1.93 bits per heavy atom. The first kappa shape index (κ1) is 11.6. The molecule has 0 saturated heterocycles. The third-order valence-corrected chi connectivity index (χ3v) is 2.45. The first-order valence-electron chi connectivity index (χ1n) is 5.06. The van der Waals surface area contributed by atoms with Crippen molar-refractivity contribution in [3.05, 3.63) is 28.8 Å². The van der Waals surface area contributed by atoms with E-state index >= 15 is 0 Å². The van der Waals surface area contributed by atoms with E-state index in [1.54, 1.807) is 0 Å². The van der Waals surface area contributed by atoms with E-state index in [0.717, 1.165) is 16.7 Å². The van der Waals surface area contributed by atoms with Gasteiger partial charge in [0, 0.05) is 0 Å². The van der Waals surface area contributed by atoms with Gasteiger partial charge in [0.1, 0.15) is 5.75 Å². The smallest absolute Gasteiger partial charge is 0.122 e. The number of hydrogen-bond acceptors (Lipinski definition) is 2. The summed E-state index contributed by atoms with van der Waals surface area (Å²) in [5, 5.41) is 18.6. The Labute approximate surface area is 91.2 Å². The molecule has 2 nitrogen and oxygen atoms in total. The van der Waals surface area contributed by atoms with Gasteiger partial charge in [-0.2, -0.15) is 5.26 Å². The summed E-state index contributed by atoms with van der Waals surface area (Å²) >= 11 is 0. The number of nitriles is 1. The third kappa shape index (κ3) is 2.50. The maximum Gasteiger partial charge on any atom is 0.122 e. The van der Waals surface area contributed by atoms with E-state index in [0.29, 0.717) is 12.2 Å². The van der Waals surface area contributed by atoms with E-state index in [-0.39, 0.29) is 5.41 Å². The second-order valence-corrected chi connectivity index (χ2v) is 4.89. The first-order valence-corrected chi connectivity index (χ1v) is 5.06. The summed E-state index contributed by atoms with van der Waals surface area (Å²) in [5.74, 6) is 0.351. The summed E-state index contributed by atoms with van der Waals surface area (Å²) in [6, 6.07) is 5.92. The lowest BCUT2D eigenvalue weighted by Crippen LogP contribution is -2.12. The van der Waals surface area contributed by atoms with Crippen molar-refractivity contribution in [3.8, 4) is 11.8 Å². The number of rotatable bonds is 1. The van der Waals surface area contributed by atoms with E-state index in [1.807, 2.05) is 19.1 Å². The molecule has 0 unspecified atom stereocenters. The lowest BCUT2D eigenvalue weighted by atomic mass is 9.84. The lowest BCUT2D eigenvalue weighted by Gasteiger charge is -2.22. The highest BCUT2D eigenvalue weighted by Gasteiger charge is 2.19. The summed E-state index contributed by atoms with van der Waals surface area (Å²) < 4.78 is 0. The zero-order valence-corrected chi connectivity index (χ0v) is 9.76. The molecule has 0 aromatic heterocycles. The molecule has 2 heteroatoms. The van der Waals surface area contributed by atoms with Gasteiger partial charge in [-0.15, -0.1) is 0 Å². The molecule has 0 fully saturated rings. The largest absolute Gasteiger partial charge is 0.507 e. The van der Waals surface area contributed by atoms with Gasteiger partial charge >= 0.3 is 0 Å². The van der Waals surface area contributed by atoms with Gasteiger partial charge in [-0.3, -0.25) is 0 Å². The maximum absolute atomic E-state index is 9.94. The first-order chi connectivity index (χ1) is 6.86. The van der Waals surface area contributed by atoms with Crippen LogP contribution in [0, 0.1) is 18.3 Å². The van der Waals surface area contributed by atoms with E-state index in [4.69, 9.17) is 5.26 Å². The van der Waals surface area contributed by atoms with Crippen molar-refractivity contribution < 1.29 is 5.11 Å². The summed E-state index contributed by atoms with van der Waals surface area (Å²) in [6.45, 7) is 8.03. The topological polar surface area (TPSA) is 44.0 Å². The van der Waals surface area contributed by atoms with Crippen molar-refractivity contribution in [1.82, 2.24) is 0 Å². The van der Waals surface area contributed by atoms with Crippen molar-refractivity contribution in [3.63, 3.8) is 0 Å². The van der Waals surface area contributed by atoms with Crippen molar-refractivity contribution in [2.75, 3.05) is 0 Å². The van der Waals surface area contributed by atoms with E-state index in [1.165, 1.54) is 0 Å². The van der Waals surface area contributed by atoms with Crippen LogP contribution in [0.4, 0.5) is 0 Å². The number of phenolic OH excluding ortho intramolecular Hbond substituents is 1. The molecular weight excluding hydrogens is 186 g/mol. The monoisotopic (exact) mass is 203 g/mol. The molecular formula is C13H17NO. The molecule has 0 spiro atoms. The SMILES string of the molecule is Cc1cc(CC#N)cc(C(C)(C)C)c1O. The summed E-state index contributed by atoms with van der Waals surface area (Å²) in [7, 11) is 0. The highest BCUT2D eigenvalue weighted by molar-refractivity contribution is 5.46. The van der Waals surface area contributed by atoms with E-state index < -0.39 is 0 Å². The molecule has 1 aromatic rings. The Balaban J connectivity index is 3.33. The standard InChI is InChI=1S/C13H17NO/c1-9-7-10(5-6-14)8-11(12(9)15)13(2,3)4/h7-8,15H,5H2,1-4H3. The van der Waals surface area contributed by atoms with Crippen molar-refractivity contribution in [1.29, 1.82) is 5.26 Å². The minimum atomic E-state index is -0.0969. The molecule has 0 radical (unpaired) electrons. The molecule has 0 saturated carbocycles. The van der Waals surface area contributed by atoms with Crippen molar-refractivity contribution >= 4 is 0 Å². The number of hydrogen-bond donors (Lipinski definition) is 1. The highest BCUT2D eigenvalue weighted by Crippen LogP contribution is 2.34. The molecule has 0 aliphatic carbocycles. The predicted molar refractivity (Wildman–Crippen MR) is 60.9 cm³/mol. The fraction of sp³-hybridized carbons (Fsp3) is 0.462. The molecule has 1 aromatic carbocycles. The van der Waals surface area contributed by atoms with Crippen LogP contribution in [0.2, 0.25) is 0 Å². The van der Waals surface area contributed by atoms with Gasteiger partial charge < -0.3 is 5.11 Å². The van der Waals surface area contributed by atoms with Crippen LogP contribution in [0.5, 0.6) is 5.75 Å². The van der Waals surface area contributed by atoms with Gasteiger partial charge in [0.25, 0.3) is 0 Å². The maximum atomic E-state index is 9.94. The Morgan fingerprint density at radius 1 is 1.33 bits per heavy atom. The molecule has 0 atom stereocenters. The molecule has 0 aliphatic rings. The molecule has 0 amide bonds. The molecule has 1 rings (SSSR count). The zero-order chi connectivity index (χ0) is 11.6. The average molecular weight is 203 g/mol. The second kappa shape index (κ2) is 3.94. The Morgan fingerprint density at radius 3 is 2.40 bits per heavy atom. The third-order valence-electron chi connectivity index (χ3n) is 2.45. The summed E-state index contributed by atoms with van der Waals surface area (Å²) in [4.78, 5) is 0. The van der Waals surface area contributed by atoms with Crippen LogP contribution >= 0.6 is 0 Å². The van der Waals surface area contributed by atoms with Crippen molar-refractivity contribution in [2.45, 2.75) is 39.5 Å². The Hall–Kier alpha value is -1.49. The summed E-state index contributed by atoms with van der Waals surface area (Å²) in [5.41, 5.74) is 2.62. The number of benzene rings is 1. The van der Waals surface area contributed by atoms with Gasteiger partial charge in [0.15, 0.2) is 0 Å². The highest BCUT2D eigenvalue weighted by atomic mass is 16.3. The van der Waals surface area contributed by atoms with E-state index in [2.05, 4.69) is 26.8 Å². The fourth-order valence-electron chi connectivity index (χ4n) is 1.62. The van der Waals surface area contributed by atoms with Gasteiger partial charge in [-0.25, -0.2) is 0 Å². The molecule has 80 valence electrons. The molecule has 15 heavy (non-hydrogen) atoms.